The van der Waals surface area contributed by atoms with Crippen molar-refractivity contribution in [2.24, 2.45) is 5.73 Å². The molecular weight excluding hydrogens is 252 g/mol. The SMILES string of the molecule is COc1ccc(C2C[C@@H](N)c3cc(C)ccc3O2)cn1. The lowest BCUT2D eigenvalue weighted by atomic mass is 9.93. The summed E-state index contributed by atoms with van der Waals surface area (Å²) in [6, 6.07) is 9.94. The third-order valence-electron chi connectivity index (χ3n) is 3.64. The molecule has 1 aliphatic heterocycles. The highest BCUT2D eigenvalue weighted by Crippen LogP contribution is 2.39. The number of pyridine rings is 1. The summed E-state index contributed by atoms with van der Waals surface area (Å²) in [6.45, 7) is 2.06. The van der Waals surface area contributed by atoms with Crippen molar-refractivity contribution in [1.82, 2.24) is 4.98 Å². The zero-order valence-electron chi connectivity index (χ0n) is 11.7. The van der Waals surface area contributed by atoms with Crippen molar-refractivity contribution in [2.75, 3.05) is 7.11 Å². The van der Waals surface area contributed by atoms with Crippen LogP contribution >= 0.6 is 0 Å². The first-order valence-corrected chi connectivity index (χ1v) is 6.70. The molecule has 0 aliphatic carbocycles. The average Bonchev–Trinajstić information content (AvgIpc) is 2.48. The van der Waals surface area contributed by atoms with E-state index in [1.165, 1.54) is 5.56 Å². The summed E-state index contributed by atoms with van der Waals surface area (Å²) in [5.41, 5.74) is 9.58. The Hall–Kier alpha value is -2.07. The smallest absolute Gasteiger partial charge is 0.212 e. The minimum absolute atomic E-state index is 0.00856. The Kier molecular flexibility index (Phi) is 3.32. The lowest BCUT2D eigenvalue weighted by molar-refractivity contribution is 0.161. The minimum atomic E-state index is -0.0568. The summed E-state index contributed by atoms with van der Waals surface area (Å²) >= 11 is 0. The lowest BCUT2D eigenvalue weighted by Gasteiger charge is -2.30. The highest BCUT2D eigenvalue weighted by molar-refractivity contribution is 5.41. The summed E-state index contributed by atoms with van der Waals surface area (Å²) in [6.07, 6.45) is 2.48. The zero-order chi connectivity index (χ0) is 14.1. The first-order chi connectivity index (χ1) is 9.67. The molecule has 0 saturated carbocycles. The van der Waals surface area contributed by atoms with E-state index in [9.17, 15) is 0 Å². The van der Waals surface area contributed by atoms with Gasteiger partial charge in [-0.1, -0.05) is 17.7 Å². The van der Waals surface area contributed by atoms with E-state index in [1.807, 2.05) is 24.3 Å². The molecule has 2 heterocycles. The van der Waals surface area contributed by atoms with Crippen LogP contribution in [0.1, 0.15) is 35.3 Å². The van der Waals surface area contributed by atoms with Gasteiger partial charge in [0.05, 0.1) is 7.11 Å². The number of ether oxygens (including phenoxy) is 2. The maximum absolute atomic E-state index is 6.27. The number of benzene rings is 1. The van der Waals surface area contributed by atoms with Crippen LogP contribution in [0.15, 0.2) is 36.5 Å². The normalized spacial score (nSPS) is 20.9. The average molecular weight is 270 g/mol. The molecule has 3 rings (SSSR count). The van der Waals surface area contributed by atoms with E-state index in [0.717, 1.165) is 23.3 Å². The van der Waals surface area contributed by atoms with Gasteiger partial charge in [0, 0.05) is 35.9 Å². The quantitative estimate of drug-likeness (QED) is 0.911. The fraction of sp³-hybridized carbons (Fsp3) is 0.312. The first kappa shape index (κ1) is 12.9. The molecule has 1 aliphatic rings. The third-order valence-corrected chi connectivity index (χ3v) is 3.64. The van der Waals surface area contributed by atoms with Gasteiger partial charge in [-0.05, 0) is 19.1 Å². The van der Waals surface area contributed by atoms with Gasteiger partial charge >= 0.3 is 0 Å². The molecule has 104 valence electrons. The van der Waals surface area contributed by atoms with E-state index in [1.54, 1.807) is 13.3 Å². The number of aromatic nitrogens is 1. The molecule has 0 spiro atoms. The van der Waals surface area contributed by atoms with E-state index in [0.29, 0.717) is 5.88 Å². The topological polar surface area (TPSA) is 57.4 Å². The maximum atomic E-state index is 6.27. The van der Waals surface area contributed by atoms with Gasteiger partial charge in [-0.3, -0.25) is 0 Å². The molecular formula is C16H18N2O2. The number of fused-ring (bicyclic) bond motifs is 1. The lowest BCUT2D eigenvalue weighted by Crippen LogP contribution is -2.24. The van der Waals surface area contributed by atoms with Gasteiger partial charge in [-0.15, -0.1) is 0 Å². The van der Waals surface area contributed by atoms with Crippen LogP contribution in [-0.2, 0) is 0 Å². The molecule has 0 saturated heterocycles. The van der Waals surface area contributed by atoms with Gasteiger partial charge < -0.3 is 15.2 Å². The van der Waals surface area contributed by atoms with Crippen molar-refractivity contribution in [3.05, 3.63) is 53.2 Å². The number of hydrogen-bond donors (Lipinski definition) is 1. The van der Waals surface area contributed by atoms with Gasteiger partial charge in [-0.2, -0.15) is 0 Å². The predicted octanol–water partition coefficient (Wildman–Crippen LogP) is 2.92. The Labute approximate surface area is 118 Å². The molecule has 2 aromatic rings. The van der Waals surface area contributed by atoms with Crippen molar-refractivity contribution < 1.29 is 9.47 Å². The minimum Gasteiger partial charge on any atom is -0.485 e. The van der Waals surface area contributed by atoms with Crippen molar-refractivity contribution in [2.45, 2.75) is 25.5 Å². The molecule has 4 heteroatoms. The van der Waals surface area contributed by atoms with Crippen molar-refractivity contribution in [3.63, 3.8) is 0 Å². The second-order valence-corrected chi connectivity index (χ2v) is 5.12. The molecule has 4 nitrogen and oxygen atoms in total. The maximum Gasteiger partial charge on any atom is 0.212 e. The summed E-state index contributed by atoms with van der Waals surface area (Å²) in [4.78, 5) is 4.22. The van der Waals surface area contributed by atoms with Crippen LogP contribution in [0.4, 0.5) is 0 Å². The molecule has 20 heavy (non-hydrogen) atoms. The van der Waals surface area contributed by atoms with Crippen LogP contribution in [0.5, 0.6) is 11.6 Å². The van der Waals surface area contributed by atoms with Gasteiger partial charge in [-0.25, -0.2) is 4.98 Å². The van der Waals surface area contributed by atoms with E-state index in [-0.39, 0.29) is 12.1 Å². The molecule has 1 aromatic carbocycles. The highest BCUT2D eigenvalue weighted by atomic mass is 16.5. The van der Waals surface area contributed by atoms with E-state index in [2.05, 4.69) is 18.0 Å². The second kappa shape index (κ2) is 5.13. The van der Waals surface area contributed by atoms with E-state index >= 15 is 0 Å². The number of methoxy groups -OCH3 is 1. The van der Waals surface area contributed by atoms with Crippen LogP contribution in [-0.4, -0.2) is 12.1 Å². The number of hydrogen-bond acceptors (Lipinski definition) is 4. The second-order valence-electron chi connectivity index (χ2n) is 5.12. The van der Waals surface area contributed by atoms with Crippen LogP contribution < -0.4 is 15.2 Å². The summed E-state index contributed by atoms with van der Waals surface area (Å²) in [5, 5.41) is 0. The van der Waals surface area contributed by atoms with Gasteiger partial charge in [0.2, 0.25) is 5.88 Å². The van der Waals surface area contributed by atoms with Gasteiger partial charge in [0.15, 0.2) is 0 Å². The third kappa shape index (κ3) is 2.34. The first-order valence-electron chi connectivity index (χ1n) is 6.70. The molecule has 0 amide bonds. The summed E-state index contributed by atoms with van der Waals surface area (Å²) in [7, 11) is 1.60. The number of rotatable bonds is 2. The van der Waals surface area contributed by atoms with Crippen LogP contribution in [0.25, 0.3) is 0 Å². The van der Waals surface area contributed by atoms with Crippen molar-refractivity contribution in [3.8, 4) is 11.6 Å². The Morgan fingerprint density at radius 2 is 2.15 bits per heavy atom. The largest absolute Gasteiger partial charge is 0.485 e. The van der Waals surface area contributed by atoms with E-state index < -0.39 is 0 Å². The van der Waals surface area contributed by atoms with Crippen LogP contribution in [0.3, 0.4) is 0 Å². The number of nitrogens with two attached hydrogens (primary N) is 1. The monoisotopic (exact) mass is 270 g/mol. The molecule has 0 fully saturated rings. The fourth-order valence-electron chi connectivity index (χ4n) is 2.53. The van der Waals surface area contributed by atoms with E-state index in [4.69, 9.17) is 15.2 Å². The Morgan fingerprint density at radius 1 is 1.30 bits per heavy atom. The Morgan fingerprint density at radius 3 is 2.85 bits per heavy atom. The zero-order valence-corrected chi connectivity index (χ0v) is 11.7. The molecule has 0 bridgehead atoms. The van der Waals surface area contributed by atoms with Gasteiger partial charge in [0.25, 0.3) is 0 Å². The van der Waals surface area contributed by atoms with Gasteiger partial charge in [0.1, 0.15) is 11.9 Å². The van der Waals surface area contributed by atoms with Crippen molar-refractivity contribution in [1.29, 1.82) is 0 Å². The van der Waals surface area contributed by atoms with Crippen molar-refractivity contribution >= 4 is 0 Å². The number of aryl methyl sites for hydroxylation is 1. The summed E-state index contributed by atoms with van der Waals surface area (Å²) < 4.78 is 11.1. The molecule has 0 radical (unpaired) electrons. The molecule has 1 unspecified atom stereocenters. The van der Waals surface area contributed by atoms with Crippen LogP contribution in [0, 0.1) is 6.92 Å². The molecule has 2 atom stereocenters. The summed E-state index contributed by atoms with van der Waals surface area (Å²) in [5.74, 6) is 1.47. The number of nitrogens with zero attached hydrogens (tertiary/aromatic N) is 1. The Bertz CT molecular complexity index is 610. The molecule has 1 aromatic heterocycles. The van der Waals surface area contributed by atoms with Crippen LogP contribution in [0.2, 0.25) is 0 Å². The molecule has 2 N–H and O–H groups in total. The predicted molar refractivity (Wildman–Crippen MR) is 76.9 cm³/mol. The highest BCUT2D eigenvalue weighted by Gasteiger charge is 2.27. The fourth-order valence-corrected chi connectivity index (χ4v) is 2.53. The standard InChI is InChI=1S/C16H18N2O2/c1-10-3-5-14-12(7-10)13(17)8-15(20-14)11-4-6-16(19-2)18-9-11/h3-7,9,13,15H,8,17H2,1-2H3/t13-,15?/m1/s1. The Balaban J connectivity index is 1.88.